The predicted octanol–water partition coefficient (Wildman–Crippen LogP) is 4.70. The van der Waals surface area contributed by atoms with E-state index >= 15 is 0 Å². The molecule has 7 nitrogen and oxygen atoms in total. The maximum absolute atomic E-state index is 13.7. The zero-order chi connectivity index (χ0) is 24.2. The average molecular weight is 464 g/mol. The average Bonchev–Trinajstić information content (AvgIpc) is 3.24. The van der Waals surface area contributed by atoms with Crippen LogP contribution in [0.4, 0.5) is 11.4 Å². The van der Waals surface area contributed by atoms with Gasteiger partial charge in [-0.3, -0.25) is 14.4 Å². The highest BCUT2D eigenvalue weighted by Crippen LogP contribution is 2.41. The second-order valence-corrected chi connectivity index (χ2v) is 9.49. The summed E-state index contributed by atoms with van der Waals surface area (Å²) in [6, 6.07) is 13.8. The molecule has 7 heteroatoms. The number of anilines is 2. The standard InChI is InChI=1S/C27H33N3O4/c1-17(2)25(31)28-19-12-14-20(15-13-19)29-26(32)23-16-18-8-4-6-10-22(18)30(23)27(33)21-9-5-7-11-24(21)34-3/h5,7,9,11-15,17-18,22-23H,4,6,8,10,16H2,1-3H3,(H,28,31)(H,29,32). The Morgan fingerprint density at radius 3 is 2.26 bits per heavy atom. The summed E-state index contributed by atoms with van der Waals surface area (Å²) in [4.78, 5) is 40.8. The van der Waals surface area contributed by atoms with Gasteiger partial charge < -0.3 is 20.3 Å². The molecule has 2 aliphatic rings. The summed E-state index contributed by atoms with van der Waals surface area (Å²) in [5, 5.41) is 5.83. The minimum Gasteiger partial charge on any atom is -0.496 e. The summed E-state index contributed by atoms with van der Waals surface area (Å²) in [6.45, 7) is 3.67. The molecule has 1 saturated carbocycles. The summed E-state index contributed by atoms with van der Waals surface area (Å²) >= 11 is 0. The van der Waals surface area contributed by atoms with E-state index in [2.05, 4.69) is 10.6 Å². The molecule has 3 amide bonds. The van der Waals surface area contributed by atoms with Crippen molar-refractivity contribution in [3.8, 4) is 5.75 Å². The highest BCUT2D eigenvalue weighted by atomic mass is 16.5. The molecular weight excluding hydrogens is 430 g/mol. The second kappa shape index (κ2) is 10.3. The van der Waals surface area contributed by atoms with Crippen molar-refractivity contribution in [2.24, 2.45) is 11.8 Å². The van der Waals surface area contributed by atoms with Crippen molar-refractivity contribution in [2.75, 3.05) is 17.7 Å². The van der Waals surface area contributed by atoms with E-state index in [0.29, 0.717) is 35.0 Å². The minimum atomic E-state index is -0.536. The van der Waals surface area contributed by atoms with Gasteiger partial charge in [-0.15, -0.1) is 0 Å². The van der Waals surface area contributed by atoms with Gasteiger partial charge in [0, 0.05) is 23.3 Å². The number of para-hydroxylation sites is 1. The maximum Gasteiger partial charge on any atom is 0.258 e. The van der Waals surface area contributed by atoms with Crippen molar-refractivity contribution in [2.45, 2.75) is 58.0 Å². The van der Waals surface area contributed by atoms with Crippen LogP contribution in [-0.2, 0) is 9.59 Å². The number of ether oxygens (including phenoxy) is 1. The van der Waals surface area contributed by atoms with E-state index in [0.717, 1.165) is 25.7 Å². The van der Waals surface area contributed by atoms with Crippen LogP contribution in [0.2, 0.25) is 0 Å². The van der Waals surface area contributed by atoms with E-state index in [9.17, 15) is 14.4 Å². The summed E-state index contributed by atoms with van der Waals surface area (Å²) in [5.74, 6) is 0.338. The number of likely N-dealkylation sites (tertiary alicyclic amines) is 1. The SMILES string of the molecule is COc1ccccc1C(=O)N1C(C(=O)Nc2ccc(NC(=O)C(C)C)cc2)CC2CCCCC21. The van der Waals surface area contributed by atoms with Crippen LogP contribution in [-0.4, -0.2) is 41.8 Å². The highest BCUT2D eigenvalue weighted by molar-refractivity contribution is 6.03. The Morgan fingerprint density at radius 2 is 1.59 bits per heavy atom. The van der Waals surface area contributed by atoms with Gasteiger partial charge in [-0.2, -0.15) is 0 Å². The summed E-state index contributed by atoms with van der Waals surface area (Å²) in [7, 11) is 1.55. The molecule has 2 N–H and O–H groups in total. The number of carbonyl (C=O) groups is 3. The lowest BCUT2D eigenvalue weighted by Gasteiger charge is -2.34. The number of hydrogen-bond acceptors (Lipinski definition) is 4. The molecule has 0 bridgehead atoms. The van der Waals surface area contributed by atoms with Crippen LogP contribution in [0.3, 0.4) is 0 Å². The largest absolute Gasteiger partial charge is 0.496 e. The minimum absolute atomic E-state index is 0.0594. The van der Waals surface area contributed by atoms with Crippen molar-refractivity contribution in [1.82, 2.24) is 4.90 Å². The fourth-order valence-corrected chi connectivity index (χ4v) is 5.10. The zero-order valence-corrected chi connectivity index (χ0v) is 20.0. The van der Waals surface area contributed by atoms with Crippen molar-refractivity contribution >= 4 is 29.1 Å². The molecule has 0 radical (unpaired) electrons. The van der Waals surface area contributed by atoms with E-state index in [1.54, 1.807) is 48.4 Å². The molecule has 2 aromatic rings. The molecule has 4 rings (SSSR count). The third-order valence-corrected chi connectivity index (χ3v) is 6.91. The van der Waals surface area contributed by atoms with Gasteiger partial charge in [-0.05, 0) is 61.6 Å². The number of hydrogen-bond donors (Lipinski definition) is 2. The number of benzene rings is 2. The number of nitrogens with zero attached hydrogens (tertiary/aromatic N) is 1. The molecule has 2 fully saturated rings. The molecule has 3 unspecified atom stereocenters. The fraction of sp³-hybridized carbons (Fsp3) is 0.444. The maximum atomic E-state index is 13.7. The number of amides is 3. The topological polar surface area (TPSA) is 87.7 Å². The van der Waals surface area contributed by atoms with Gasteiger partial charge >= 0.3 is 0 Å². The first-order chi connectivity index (χ1) is 16.4. The number of rotatable bonds is 6. The number of fused-ring (bicyclic) bond motifs is 1. The third-order valence-electron chi connectivity index (χ3n) is 6.91. The lowest BCUT2D eigenvalue weighted by molar-refractivity contribution is -0.120. The van der Waals surface area contributed by atoms with Crippen LogP contribution in [0.1, 0.15) is 56.3 Å². The summed E-state index contributed by atoms with van der Waals surface area (Å²) in [5.41, 5.74) is 1.79. The second-order valence-electron chi connectivity index (χ2n) is 9.49. The molecule has 34 heavy (non-hydrogen) atoms. The molecule has 1 heterocycles. The first kappa shape index (κ1) is 23.8. The first-order valence-corrected chi connectivity index (χ1v) is 12.1. The molecule has 0 spiro atoms. The molecular formula is C27H33N3O4. The van der Waals surface area contributed by atoms with Crippen LogP contribution in [0.25, 0.3) is 0 Å². The molecule has 1 saturated heterocycles. The monoisotopic (exact) mass is 463 g/mol. The van der Waals surface area contributed by atoms with Crippen molar-refractivity contribution in [3.05, 3.63) is 54.1 Å². The van der Waals surface area contributed by atoms with E-state index in [1.807, 2.05) is 26.0 Å². The smallest absolute Gasteiger partial charge is 0.258 e. The Kier molecular flexibility index (Phi) is 7.20. The van der Waals surface area contributed by atoms with Gasteiger partial charge in [0.1, 0.15) is 11.8 Å². The molecule has 1 aliphatic heterocycles. The van der Waals surface area contributed by atoms with Crippen LogP contribution in [0, 0.1) is 11.8 Å². The first-order valence-electron chi connectivity index (χ1n) is 12.1. The normalized spacial score (nSPS) is 21.6. The fourth-order valence-electron chi connectivity index (χ4n) is 5.10. The Bertz CT molecular complexity index is 1050. The summed E-state index contributed by atoms with van der Waals surface area (Å²) < 4.78 is 5.43. The van der Waals surface area contributed by atoms with E-state index < -0.39 is 6.04 Å². The van der Waals surface area contributed by atoms with Crippen LogP contribution < -0.4 is 15.4 Å². The van der Waals surface area contributed by atoms with Crippen molar-refractivity contribution in [3.63, 3.8) is 0 Å². The third kappa shape index (κ3) is 4.93. The van der Waals surface area contributed by atoms with Gasteiger partial charge in [0.25, 0.3) is 5.91 Å². The van der Waals surface area contributed by atoms with Gasteiger partial charge in [0.05, 0.1) is 12.7 Å². The molecule has 180 valence electrons. The van der Waals surface area contributed by atoms with E-state index in [4.69, 9.17) is 4.74 Å². The van der Waals surface area contributed by atoms with Gasteiger partial charge in [-0.1, -0.05) is 38.8 Å². The molecule has 3 atom stereocenters. The quantitative estimate of drug-likeness (QED) is 0.650. The Morgan fingerprint density at radius 1 is 0.941 bits per heavy atom. The molecule has 0 aromatic heterocycles. The highest BCUT2D eigenvalue weighted by Gasteiger charge is 2.48. The summed E-state index contributed by atoms with van der Waals surface area (Å²) in [6.07, 6.45) is 4.82. The van der Waals surface area contributed by atoms with Gasteiger partial charge in [0.15, 0.2) is 0 Å². The number of carbonyl (C=O) groups excluding carboxylic acids is 3. The predicted molar refractivity (Wildman–Crippen MR) is 132 cm³/mol. The Labute approximate surface area is 200 Å². The molecule has 1 aliphatic carbocycles. The zero-order valence-electron chi connectivity index (χ0n) is 20.0. The van der Waals surface area contributed by atoms with Crippen LogP contribution in [0.5, 0.6) is 5.75 Å². The van der Waals surface area contributed by atoms with Gasteiger partial charge in [0.2, 0.25) is 11.8 Å². The molecule has 2 aromatic carbocycles. The lowest BCUT2D eigenvalue weighted by Crippen LogP contribution is -2.47. The number of nitrogens with one attached hydrogen (secondary N) is 2. The van der Waals surface area contributed by atoms with Crippen molar-refractivity contribution in [1.29, 1.82) is 0 Å². The van der Waals surface area contributed by atoms with Gasteiger partial charge in [-0.25, -0.2) is 0 Å². The Balaban J connectivity index is 1.53. The Hall–Kier alpha value is -3.35. The van der Waals surface area contributed by atoms with Crippen LogP contribution >= 0.6 is 0 Å². The van der Waals surface area contributed by atoms with E-state index in [-0.39, 0.29) is 29.7 Å². The van der Waals surface area contributed by atoms with E-state index in [1.165, 1.54) is 0 Å². The van der Waals surface area contributed by atoms with Crippen LogP contribution in [0.15, 0.2) is 48.5 Å². The van der Waals surface area contributed by atoms with Crippen molar-refractivity contribution < 1.29 is 19.1 Å². The lowest BCUT2D eigenvalue weighted by atomic mass is 9.84. The number of methoxy groups -OCH3 is 1.